The maximum absolute atomic E-state index is 11.6. The van der Waals surface area contributed by atoms with E-state index in [4.69, 9.17) is 0 Å². The second-order valence-electron chi connectivity index (χ2n) is 4.52. The molecule has 0 bridgehead atoms. The summed E-state index contributed by atoms with van der Waals surface area (Å²) in [5.74, 6) is 1.01. The first-order chi connectivity index (χ1) is 8.84. The van der Waals surface area contributed by atoms with Crippen molar-refractivity contribution < 1.29 is 4.79 Å². The van der Waals surface area contributed by atoms with Crippen molar-refractivity contribution in [3.05, 3.63) is 30.3 Å². The Kier molecular flexibility index (Phi) is 5.39. The molecule has 1 aliphatic rings. The van der Waals surface area contributed by atoms with E-state index in [2.05, 4.69) is 10.6 Å². The highest BCUT2D eigenvalue weighted by Gasteiger charge is 2.14. The number of nitrogens with one attached hydrogen (secondary N) is 2. The van der Waals surface area contributed by atoms with E-state index in [9.17, 15) is 4.79 Å². The van der Waals surface area contributed by atoms with Crippen LogP contribution in [-0.2, 0) is 0 Å². The van der Waals surface area contributed by atoms with Gasteiger partial charge in [-0.1, -0.05) is 31.0 Å². The number of anilines is 1. The average Bonchev–Trinajstić information content (AvgIpc) is 2.89. The molecule has 1 saturated carbocycles. The number of amides is 2. The standard InChI is InChI=1S/C14H20N2OS/c17-14(16-12-6-2-1-3-7-12)15-10-11-18-13-8-4-5-9-13/h1-3,6-7,13H,4-5,8-11H2,(H2,15,16,17). The van der Waals surface area contributed by atoms with Gasteiger partial charge in [0.1, 0.15) is 0 Å². The predicted octanol–water partition coefficient (Wildman–Crippen LogP) is 3.48. The minimum atomic E-state index is -0.117. The van der Waals surface area contributed by atoms with Gasteiger partial charge >= 0.3 is 6.03 Å². The SMILES string of the molecule is O=C(NCCSC1CCCC1)Nc1ccccc1. The molecule has 2 rings (SSSR count). The molecule has 1 aromatic rings. The van der Waals surface area contributed by atoms with Crippen LogP contribution >= 0.6 is 11.8 Å². The van der Waals surface area contributed by atoms with Crippen LogP contribution in [0.2, 0.25) is 0 Å². The van der Waals surface area contributed by atoms with E-state index in [1.54, 1.807) is 0 Å². The van der Waals surface area contributed by atoms with Gasteiger partial charge in [0.15, 0.2) is 0 Å². The Morgan fingerprint density at radius 1 is 1.22 bits per heavy atom. The molecule has 1 aliphatic carbocycles. The third-order valence-corrected chi connectivity index (χ3v) is 4.46. The first-order valence-electron chi connectivity index (χ1n) is 6.56. The Balaban J connectivity index is 1.57. The fourth-order valence-corrected chi connectivity index (χ4v) is 3.36. The van der Waals surface area contributed by atoms with Crippen LogP contribution in [0, 0.1) is 0 Å². The molecule has 0 aliphatic heterocycles. The summed E-state index contributed by atoms with van der Waals surface area (Å²) in [4.78, 5) is 11.6. The number of thioether (sulfide) groups is 1. The lowest BCUT2D eigenvalue weighted by atomic mass is 10.3. The molecule has 3 nitrogen and oxygen atoms in total. The van der Waals surface area contributed by atoms with Crippen LogP contribution < -0.4 is 10.6 Å². The molecule has 1 fully saturated rings. The average molecular weight is 264 g/mol. The van der Waals surface area contributed by atoms with E-state index >= 15 is 0 Å². The van der Waals surface area contributed by atoms with E-state index in [1.807, 2.05) is 42.1 Å². The van der Waals surface area contributed by atoms with E-state index in [1.165, 1.54) is 25.7 Å². The van der Waals surface area contributed by atoms with Crippen LogP contribution in [0.3, 0.4) is 0 Å². The summed E-state index contributed by atoms with van der Waals surface area (Å²) in [5.41, 5.74) is 0.832. The van der Waals surface area contributed by atoms with Crippen molar-refractivity contribution in [2.75, 3.05) is 17.6 Å². The third kappa shape index (κ3) is 4.61. The molecule has 2 amide bonds. The second-order valence-corrected chi connectivity index (χ2v) is 5.93. The van der Waals surface area contributed by atoms with Crippen molar-refractivity contribution in [3.63, 3.8) is 0 Å². The summed E-state index contributed by atoms with van der Waals surface area (Å²) < 4.78 is 0. The summed E-state index contributed by atoms with van der Waals surface area (Å²) in [6.45, 7) is 0.736. The van der Waals surface area contributed by atoms with Crippen molar-refractivity contribution >= 4 is 23.5 Å². The zero-order valence-electron chi connectivity index (χ0n) is 10.5. The van der Waals surface area contributed by atoms with Gasteiger partial charge < -0.3 is 10.6 Å². The molecule has 0 aromatic heterocycles. The number of carbonyl (C=O) groups excluding carboxylic acids is 1. The lowest BCUT2D eigenvalue weighted by Gasteiger charge is -2.10. The van der Waals surface area contributed by atoms with Crippen molar-refractivity contribution in [1.29, 1.82) is 0 Å². The van der Waals surface area contributed by atoms with Crippen LogP contribution in [0.4, 0.5) is 10.5 Å². The van der Waals surface area contributed by atoms with Crippen LogP contribution in [0.15, 0.2) is 30.3 Å². The smallest absolute Gasteiger partial charge is 0.319 e. The lowest BCUT2D eigenvalue weighted by molar-refractivity contribution is 0.252. The third-order valence-electron chi connectivity index (χ3n) is 3.08. The highest BCUT2D eigenvalue weighted by molar-refractivity contribution is 7.99. The summed E-state index contributed by atoms with van der Waals surface area (Å²) in [5, 5.41) is 6.52. The van der Waals surface area contributed by atoms with Gasteiger partial charge in [-0.2, -0.15) is 11.8 Å². The monoisotopic (exact) mass is 264 g/mol. The quantitative estimate of drug-likeness (QED) is 0.799. The Bertz CT molecular complexity index is 363. The predicted molar refractivity (Wildman–Crippen MR) is 78.2 cm³/mol. The highest BCUT2D eigenvalue weighted by Crippen LogP contribution is 2.28. The molecular weight excluding hydrogens is 244 g/mol. The van der Waals surface area contributed by atoms with Gasteiger partial charge in [-0.05, 0) is 25.0 Å². The van der Waals surface area contributed by atoms with E-state index < -0.39 is 0 Å². The number of urea groups is 1. The Morgan fingerprint density at radius 3 is 2.67 bits per heavy atom. The Hall–Kier alpha value is -1.16. The zero-order chi connectivity index (χ0) is 12.6. The van der Waals surface area contributed by atoms with Crippen molar-refractivity contribution in [3.8, 4) is 0 Å². The van der Waals surface area contributed by atoms with Gasteiger partial charge in [-0.3, -0.25) is 0 Å². The van der Waals surface area contributed by atoms with E-state index in [0.29, 0.717) is 0 Å². The normalized spacial score (nSPS) is 15.6. The van der Waals surface area contributed by atoms with Gasteiger partial charge in [0.05, 0.1) is 0 Å². The number of hydrogen-bond donors (Lipinski definition) is 2. The number of para-hydroxylation sites is 1. The largest absolute Gasteiger partial charge is 0.337 e. The molecule has 4 heteroatoms. The number of carbonyl (C=O) groups is 1. The van der Waals surface area contributed by atoms with Crippen molar-refractivity contribution in [1.82, 2.24) is 5.32 Å². The van der Waals surface area contributed by atoms with Gasteiger partial charge in [0.2, 0.25) is 0 Å². The fourth-order valence-electron chi connectivity index (χ4n) is 2.14. The fraction of sp³-hybridized carbons (Fsp3) is 0.500. The topological polar surface area (TPSA) is 41.1 Å². The number of benzene rings is 1. The molecule has 0 unspecified atom stereocenters. The first-order valence-corrected chi connectivity index (χ1v) is 7.61. The molecule has 0 radical (unpaired) electrons. The molecule has 0 spiro atoms. The van der Waals surface area contributed by atoms with Gasteiger partial charge in [-0.15, -0.1) is 0 Å². The van der Waals surface area contributed by atoms with Crippen molar-refractivity contribution in [2.24, 2.45) is 0 Å². The molecule has 0 atom stereocenters. The minimum Gasteiger partial charge on any atom is -0.337 e. The molecule has 1 aromatic carbocycles. The van der Waals surface area contributed by atoms with Crippen LogP contribution in [0.25, 0.3) is 0 Å². The number of hydrogen-bond acceptors (Lipinski definition) is 2. The molecule has 98 valence electrons. The first kappa shape index (κ1) is 13.3. The second kappa shape index (κ2) is 7.31. The summed E-state index contributed by atoms with van der Waals surface area (Å²) in [6, 6.07) is 9.39. The van der Waals surface area contributed by atoms with E-state index in [0.717, 1.165) is 23.2 Å². The molecule has 18 heavy (non-hydrogen) atoms. The Morgan fingerprint density at radius 2 is 1.94 bits per heavy atom. The van der Waals surface area contributed by atoms with Gasteiger partial charge in [0, 0.05) is 23.2 Å². The van der Waals surface area contributed by atoms with Gasteiger partial charge in [0.25, 0.3) is 0 Å². The number of rotatable bonds is 5. The van der Waals surface area contributed by atoms with Gasteiger partial charge in [-0.25, -0.2) is 4.79 Å². The summed E-state index contributed by atoms with van der Waals surface area (Å²) in [6.07, 6.45) is 5.45. The molecule has 0 heterocycles. The van der Waals surface area contributed by atoms with Crippen LogP contribution in [0.1, 0.15) is 25.7 Å². The van der Waals surface area contributed by atoms with Crippen LogP contribution in [0.5, 0.6) is 0 Å². The zero-order valence-corrected chi connectivity index (χ0v) is 11.3. The molecular formula is C14H20N2OS. The highest BCUT2D eigenvalue weighted by atomic mass is 32.2. The van der Waals surface area contributed by atoms with E-state index in [-0.39, 0.29) is 6.03 Å². The van der Waals surface area contributed by atoms with Crippen LogP contribution in [-0.4, -0.2) is 23.6 Å². The maximum Gasteiger partial charge on any atom is 0.319 e. The molecule has 2 N–H and O–H groups in total. The minimum absolute atomic E-state index is 0.117. The summed E-state index contributed by atoms with van der Waals surface area (Å²) >= 11 is 1.99. The molecule has 0 saturated heterocycles. The summed E-state index contributed by atoms with van der Waals surface area (Å²) in [7, 11) is 0. The lowest BCUT2D eigenvalue weighted by Crippen LogP contribution is -2.30. The maximum atomic E-state index is 11.6. The Labute approximate surface area is 113 Å². The van der Waals surface area contributed by atoms with Crippen molar-refractivity contribution in [2.45, 2.75) is 30.9 Å².